The Morgan fingerprint density at radius 1 is 0.793 bits per heavy atom. The van der Waals surface area contributed by atoms with Crippen LogP contribution in [0.2, 0.25) is 0 Å². The van der Waals surface area contributed by atoms with Crippen molar-refractivity contribution in [3.8, 4) is 28.7 Å². The fraction of sp³-hybridized carbons (Fsp3) is 0.136. The summed E-state index contributed by atoms with van der Waals surface area (Å²) in [6.45, 7) is 0. The van der Waals surface area contributed by atoms with Gasteiger partial charge in [0.15, 0.2) is 11.5 Å². The van der Waals surface area contributed by atoms with E-state index in [0.29, 0.717) is 34.2 Å². The van der Waals surface area contributed by atoms with Crippen LogP contribution < -0.4 is 24.3 Å². The number of anilines is 1. The SMILES string of the molecule is COc1ccc(Oc2ccc(NC(=O)c3cc(I)c(OC)c(OC)c3)cc2)cc1. The third kappa shape index (κ3) is 5.11. The smallest absolute Gasteiger partial charge is 0.255 e. The van der Waals surface area contributed by atoms with Crippen LogP contribution in [-0.4, -0.2) is 27.2 Å². The minimum absolute atomic E-state index is 0.243. The molecule has 1 amide bonds. The molecule has 0 fully saturated rings. The van der Waals surface area contributed by atoms with Gasteiger partial charge in [-0.3, -0.25) is 4.79 Å². The lowest BCUT2D eigenvalue weighted by molar-refractivity contribution is 0.102. The first kappa shape index (κ1) is 20.8. The zero-order chi connectivity index (χ0) is 20.8. The van der Waals surface area contributed by atoms with Gasteiger partial charge >= 0.3 is 0 Å². The van der Waals surface area contributed by atoms with Gasteiger partial charge in [0.2, 0.25) is 0 Å². The number of carbonyl (C=O) groups excluding carboxylic acids is 1. The highest BCUT2D eigenvalue weighted by Crippen LogP contribution is 2.34. The van der Waals surface area contributed by atoms with Gasteiger partial charge in [-0.2, -0.15) is 0 Å². The molecule has 3 aromatic carbocycles. The molecule has 0 aromatic heterocycles. The van der Waals surface area contributed by atoms with E-state index in [1.54, 1.807) is 50.6 Å². The van der Waals surface area contributed by atoms with E-state index in [9.17, 15) is 4.79 Å². The van der Waals surface area contributed by atoms with Gasteiger partial charge in [-0.05, 0) is 83.3 Å². The first-order valence-corrected chi connectivity index (χ1v) is 9.76. The standard InChI is InChI=1S/C22H20INO5/c1-26-16-8-10-18(11-9-16)29-17-6-4-15(5-7-17)24-22(25)14-12-19(23)21(28-3)20(13-14)27-2/h4-13H,1-3H3,(H,24,25). The average Bonchev–Trinajstić information content (AvgIpc) is 2.75. The lowest BCUT2D eigenvalue weighted by atomic mass is 10.2. The van der Waals surface area contributed by atoms with Gasteiger partial charge in [0.25, 0.3) is 5.91 Å². The Morgan fingerprint density at radius 3 is 1.93 bits per heavy atom. The Hall–Kier alpha value is -2.94. The zero-order valence-electron chi connectivity index (χ0n) is 16.2. The van der Waals surface area contributed by atoms with E-state index in [0.717, 1.165) is 9.32 Å². The molecular weight excluding hydrogens is 485 g/mol. The van der Waals surface area contributed by atoms with Gasteiger partial charge in [0, 0.05) is 11.3 Å². The lowest BCUT2D eigenvalue weighted by Gasteiger charge is -2.12. The Labute approximate surface area is 182 Å². The van der Waals surface area contributed by atoms with Crippen molar-refractivity contribution < 1.29 is 23.7 Å². The van der Waals surface area contributed by atoms with Crippen LogP contribution in [0.4, 0.5) is 5.69 Å². The van der Waals surface area contributed by atoms with Crippen LogP contribution in [0.5, 0.6) is 28.7 Å². The summed E-state index contributed by atoms with van der Waals surface area (Å²) in [6.07, 6.45) is 0. The number of amides is 1. The first-order chi connectivity index (χ1) is 14.0. The largest absolute Gasteiger partial charge is 0.497 e. The molecule has 29 heavy (non-hydrogen) atoms. The van der Waals surface area contributed by atoms with Crippen LogP contribution in [0, 0.1) is 3.57 Å². The maximum atomic E-state index is 12.6. The van der Waals surface area contributed by atoms with Crippen molar-refractivity contribution in [1.29, 1.82) is 0 Å². The fourth-order valence-corrected chi connectivity index (χ4v) is 3.46. The number of nitrogens with one attached hydrogen (secondary N) is 1. The van der Waals surface area contributed by atoms with Gasteiger partial charge in [-0.15, -0.1) is 0 Å². The van der Waals surface area contributed by atoms with Gasteiger partial charge in [-0.1, -0.05) is 0 Å². The van der Waals surface area contributed by atoms with Crippen molar-refractivity contribution in [2.24, 2.45) is 0 Å². The van der Waals surface area contributed by atoms with E-state index in [1.807, 2.05) is 24.3 Å². The van der Waals surface area contributed by atoms with Crippen LogP contribution in [0.3, 0.4) is 0 Å². The van der Waals surface area contributed by atoms with Gasteiger partial charge < -0.3 is 24.3 Å². The maximum absolute atomic E-state index is 12.6. The number of hydrogen-bond acceptors (Lipinski definition) is 5. The van der Waals surface area contributed by atoms with Gasteiger partial charge in [0.05, 0.1) is 24.9 Å². The molecule has 0 unspecified atom stereocenters. The second-order valence-electron chi connectivity index (χ2n) is 5.95. The average molecular weight is 505 g/mol. The molecule has 0 saturated carbocycles. The summed E-state index contributed by atoms with van der Waals surface area (Å²) in [4.78, 5) is 12.6. The molecule has 0 aliphatic heterocycles. The maximum Gasteiger partial charge on any atom is 0.255 e. The van der Waals surface area contributed by atoms with E-state index in [2.05, 4.69) is 27.9 Å². The summed E-state index contributed by atoms with van der Waals surface area (Å²) >= 11 is 2.11. The number of benzene rings is 3. The van der Waals surface area contributed by atoms with Crippen LogP contribution in [0.15, 0.2) is 60.7 Å². The highest BCUT2D eigenvalue weighted by atomic mass is 127. The number of methoxy groups -OCH3 is 3. The van der Waals surface area contributed by atoms with E-state index in [4.69, 9.17) is 18.9 Å². The van der Waals surface area contributed by atoms with Crippen molar-refractivity contribution in [1.82, 2.24) is 0 Å². The van der Waals surface area contributed by atoms with Crippen molar-refractivity contribution in [3.05, 3.63) is 69.8 Å². The van der Waals surface area contributed by atoms with Crippen molar-refractivity contribution in [3.63, 3.8) is 0 Å². The molecule has 6 nitrogen and oxygen atoms in total. The van der Waals surface area contributed by atoms with Gasteiger partial charge in [-0.25, -0.2) is 0 Å². The minimum atomic E-state index is -0.243. The van der Waals surface area contributed by atoms with E-state index in [-0.39, 0.29) is 5.91 Å². The molecule has 3 rings (SSSR count). The molecule has 0 heterocycles. The quantitative estimate of drug-likeness (QED) is 0.438. The summed E-state index contributed by atoms with van der Waals surface area (Å²) in [6, 6.07) is 17.8. The second kappa shape index (κ2) is 9.51. The van der Waals surface area contributed by atoms with Crippen LogP contribution in [0.25, 0.3) is 0 Å². The number of ether oxygens (including phenoxy) is 4. The first-order valence-electron chi connectivity index (χ1n) is 8.69. The molecule has 0 bridgehead atoms. The molecule has 1 N–H and O–H groups in total. The van der Waals surface area contributed by atoms with E-state index < -0.39 is 0 Å². The number of rotatable bonds is 7. The molecule has 7 heteroatoms. The number of carbonyl (C=O) groups is 1. The zero-order valence-corrected chi connectivity index (χ0v) is 18.4. The molecule has 150 valence electrons. The third-order valence-electron chi connectivity index (χ3n) is 4.10. The molecule has 0 spiro atoms. The summed E-state index contributed by atoms with van der Waals surface area (Å²) in [5.41, 5.74) is 1.13. The fourth-order valence-electron chi connectivity index (χ4n) is 2.64. The minimum Gasteiger partial charge on any atom is -0.497 e. The number of hydrogen-bond donors (Lipinski definition) is 1. The molecule has 0 aliphatic carbocycles. The highest BCUT2D eigenvalue weighted by molar-refractivity contribution is 14.1. The van der Waals surface area contributed by atoms with Crippen LogP contribution >= 0.6 is 22.6 Å². The van der Waals surface area contributed by atoms with Crippen molar-refractivity contribution >= 4 is 34.2 Å². The predicted molar refractivity (Wildman–Crippen MR) is 120 cm³/mol. The van der Waals surface area contributed by atoms with Crippen molar-refractivity contribution in [2.45, 2.75) is 0 Å². The summed E-state index contributed by atoms with van der Waals surface area (Å²) in [7, 11) is 4.72. The molecule has 3 aromatic rings. The van der Waals surface area contributed by atoms with Gasteiger partial charge in [0.1, 0.15) is 17.2 Å². The topological polar surface area (TPSA) is 66.0 Å². The second-order valence-corrected chi connectivity index (χ2v) is 7.11. The normalized spacial score (nSPS) is 10.2. The Balaban J connectivity index is 1.69. The van der Waals surface area contributed by atoms with E-state index in [1.165, 1.54) is 7.11 Å². The Bertz CT molecular complexity index is 987. The van der Waals surface area contributed by atoms with Crippen LogP contribution in [-0.2, 0) is 0 Å². The lowest BCUT2D eigenvalue weighted by Crippen LogP contribution is -2.12. The predicted octanol–water partition coefficient (Wildman–Crippen LogP) is 5.36. The molecule has 0 radical (unpaired) electrons. The highest BCUT2D eigenvalue weighted by Gasteiger charge is 2.15. The Morgan fingerprint density at radius 2 is 1.38 bits per heavy atom. The third-order valence-corrected chi connectivity index (χ3v) is 4.90. The molecule has 0 saturated heterocycles. The monoisotopic (exact) mass is 505 g/mol. The number of halogens is 1. The molecule has 0 aliphatic rings. The molecule has 0 atom stereocenters. The summed E-state index contributed by atoms with van der Waals surface area (Å²) in [5.74, 6) is 2.99. The summed E-state index contributed by atoms with van der Waals surface area (Å²) < 4.78 is 22.3. The molecular formula is C22H20INO5. The Kier molecular flexibility index (Phi) is 6.82. The van der Waals surface area contributed by atoms with Crippen molar-refractivity contribution in [2.75, 3.05) is 26.6 Å². The summed E-state index contributed by atoms with van der Waals surface area (Å²) in [5, 5.41) is 2.87. The van der Waals surface area contributed by atoms with E-state index >= 15 is 0 Å². The van der Waals surface area contributed by atoms with Crippen LogP contribution in [0.1, 0.15) is 10.4 Å².